The SMILES string of the molecule is CCOC(=O)C(OCC)(OCC)[C@@H](C[C@@H](c1ccccc1)C(OCC)(OCC)C(=O)OCC)NC(c1ccccc1)c1ccccc1. The van der Waals surface area contributed by atoms with Crippen molar-refractivity contribution < 1.29 is 38.0 Å². The zero-order valence-electron chi connectivity index (χ0n) is 28.6. The summed E-state index contributed by atoms with van der Waals surface area (Å²) in [5.41, 5.74) is 2.66. The van der Waals surface area contributed by atoms with Crippen LogP contribution in [0, 0.1) is 0 Å². The third-order valence-corrected chi connectivity index (χ3v) is 7.78. The van der Waals surface area contributed by atoms with Gasteiger partial charge in [0.15, 0.2) is 0 Å². The molecule has 2 atom stereocenters. The Morgan fingerprint density at radius 1 is 0.532 bits per heavy atom. The second kappa shape index (κ2) is 19.3. The minimum absolute atomic E-state index is 0.0812. The predicted molar refractivity (Wildman–Crippen MR) is 181 cm³/mol. The number of benzene rings is 3. The molecule has 0 aliphatic carbocycles. The Labute approximate surface area is 279 Å². The van der Waals surface area contributed by atoms with E-state index in [1.165, 1.54) is 0 Å². The Bertz CT molecular complexity index is 1270. The first kappa shape index (κ1) is 37.9. The van der Waals surface area contributed by atoms with Gasteiger partial charge in [-0.1, -0.05) is 91.0 Å². The van der Waals surface area contributed by atoms with Gasteiger partial charge in [0.2, 0.25) is 0 Å². The van der Waals surface area contributed by atoms with Gasteiger partial charge in [-0.2, -0.15) is 0 Å². The van der Waals surface area contributed by atoms with Gasteiger partial charge in [-0.25, -0.2) is 9.59 Å². The highest BCUT2D eigenvalue weighted by atomic mass is 16.7. The molecule has 47 heavy (non-hydrogen) atoms. The van der Waals surface area contributed by atoms with Gasteiger partial charge < -0.3 is 28.4 Å². The minimum atomic E-state index is -1.91. The summed E-state index contributed by atoms with van der Waals surface area (Å²) in [5.74, 6) is -5.89. The van der Waals surface area contributed by atoms with Crippen LogP contribution < -0.4 is 5.32 Å². The van der Waals surface area contributed by atoms with Gasteiger partial charge in [0.25, 0.3) is 11.6 Å². The van der Waals surface area contributed by atoms with E-state index in [2.05, 4.69) is 5.32 Å². The summed E-state index contributed by atoms with van der Waals surface area (Å²) < 4.78 is 36.5. The van der Waals surface area contributed by atoms with Gasteiger partial charge in [-0.3, -0.25) is 5.32 Å². The van der Waals surface area contributed by atoms with Crippen LogP contribution in [-0.4, -0.2) is 69.2 Å². The van der Waals surface area contributed by atoms with Gasteiger partial charge in [0, 0.05) is 26.4 Å². The van der Waals surface area contributed by atoms with E-state index in [0.717, 1.165) is 16.7 Å². The molecule has 1 N–H and O–H groups in total. The molecule has 0 aliphatic rings. The van der Waals surface area contributed by atoms with Crippen molar-refractivity contribution in [3.8, 4) is 0 Å². The van der Waals surface area contributed by atoms with E-state index < -0.39 is 41.5 Å². The van der Waals surface area contributed by atoms with E-state index in [-0.39, 0.29) is 46.1 Å². The fraction of sp³-hybridized carbons (Fsp3) is 0.474. The fourth-order valence-corrected chi connectivity index (χ4v) is 5.97. The van der Waals surface area contributed by atoms with Crippen molar-refractivity contribution in [3.05, 3.63) is 108 Å². The van der Waals surface area contributed by atoms with E-state index >= 15 is 0 Å². The molecule has 9 nitrogen and oxygen atoms in total. The number of ether oxygens (including phenoxy) is 6. The fourth-order valence-electron chi connectivity index (χ4n) is 5.97. The van der Waals surface area contributed by atoms with Crippen molar-refractivity contribution in [1.29, 1.82) is 0 Å². The molecular formula is C38H51NO8. The van der Waals surface area contributed by atoms with E-state index in [1.54, 1.807) is 41.5 Å². The quantitative estimate of drug-likeness (QED) is 0.101. The Morgan fingerprint density at radius 3 is 1.28 bits per heavy atom. The molecule has 256 valence electrons. The number of carbonyl (C=O) groups excluding carboxylic acids is 2. The molecule has 0 amide bonds. The minimum Gasteiger partial charge on any atom is -0.462 e. The Kier molecular flexibility index (Phi) is 15.5. The molecule has 0 bridgehead atoms. The number of rotatable bonds is 21. The summed E-state index contributed by atoms with van der Waals surface area (Å²) in [6.45, 7) is 11.5. The molecule has 3 aromatic rings. The van der Waals surface area contributed by atoms with Crippen molar-refractivity contribution >= 4 is 11.9 Å². The summed E-state index contributed by atoms with van der Waals surface area (Å²) in [7, 11) is 0. The molecule has 0 unspecified atom stereocenters. The van der Waals surface area contributed by atoms with Crippen LogP contribution >= 0.6 is 0 Å². The van der Waals surface area contributed by atoms with Crippen LogP contribution in [0.4, 0.5) is 0 Å². The molecule has 3 aromatic carbocycles. The maximum absolute atomic E-state index is 14.1. The topological polar surface area (TPSA) is 102 Å². The number of hydrogen-bond acceptors (Lipinski definition) is 9. The Hall–Kier alpha value is -3.60. The maximum Gasteiger partial charge on any atom is 0.368 e. The first-order valence-electron chi connectivity index (χ1n) is 16.7. The van der Waals surface area contributed by atoms with Crippen molar-refractivity contribution in [2.75, 3.05) is 39.6 Å². The van der Waals surface area contributed by atoms with E-state index in [0.29, 0.717) is 0 Å². The number of esters is 2. The maximum atomic E-state index is 14.1. The van der Waals surface area contributed by atoms with Gasteiger partial charge in [-0.15, -0.1) is 0 Å². The summed E-state index contributed by atoms with van der Waals surface area (Å²) in [6.07, 6.45) is 0.0812. The van der Waals surface area contributed by atoms with Crippen molar-refractivity contribution in [2.24, 2.45) is 0 Å². The van der Waals surface area contributed by atoms with Gasteiger partial charge in [-0.05, 0) is 64.7 Å². The number of hydrogen-bond donors (Lipinski definition) is 1. The smallest absolute Gasteiger partial charge is 0.368 e. The molecule has 0 radical (unpaired) electrons. The van der Waals surface area contributed by atoms with Crippen LogP contribution in [0.25, 0.3) is 0 Å². The molecule has 0 spiro atoms. The second-order valence-corrected chi connectivity index (χ2v) is 10.7. The standard InChI is InChI=1S/C38H51NO8/c1-7-42-35(40)37(44-9-3,45-10-4)32(29-22-16-13-17-23-29)28-33(38(46-11-5,47-12-6)36(41)43-8-2)39-34(30-24-18-14-19-25-30)31-26-20-15-21-27-31/h13-27,32-34,39H,7-12,28H2,1-6H3/t32-,33+/m0/s1. The number of nitrogens with one attached hydrogen (secondary N) is 1. The van der Waals surface area contributed by atoms with Crippen LogP contribution in [0.15, 0.2) is 91.0 Å². The first-order chi connectivity index (χ1) is 22.9. The summed E-state index contributed by atoms with van der Waals surface area (Å²) in [4.78, 5) is 28.1. The molecule has 0 fully saturated rings. The van der Waals surface area contributed by atoms with Crippen LogP contribution in [0.1, 0.15) is 76.6 Å². The van der Waals surface area contributed by atoms with Gasteiger partial charge in [0.1, 0.15) is 0 Å². The Morgan fingerprint density at radius 2 is 0.894 bits per heavy atom. The highest BCUT2D eigenvalue weighted by Gasteiger charge is 2.57. The zero-order chi connectivity index (χ0) is 34.1. The molecule has 9 heteroatoms. The van der Waals surface area contributed by atoms with Crippen molar-refractivity contribution in [2.45, 2.75) is 77.5 Å². The van der Waals surface area contributed by atoms with Crippen LogP contribution in [0.3, 0.4) is 0 Å². The van der Waals surface area contributed by atoms with E-state index in [9.17, 15) is 9.59 Å². The lowest BCUT2D eigenvalue weighted by molar-refractivity contribution is -0.271. The summed E-state index contributed by atoms with van der Waals surface area (Å²) in [6, 6.07) is 28.0. The van der Waals surface area contributed by atoms with Crippen LogP contribution in [0.2, 0.25) is 0 Å². The average molecular weight is 650 g/mol. The number of carbonyl (C=O) groups is 2. The monoisotopic (exact) mass is 649 g/mol. The predicted octanol–water partition coefficient (Wildman–Crippen LogP) is 6.57. The lowest BCUT2D eigenvalue weighted by Gasteiger charge is -2.44. The molecule has 0 saturated carbocycles. The molecule has 0 aromatic heterocycles. The average Bonchev–Trinajstić information content (AvgIpc) is 3.09. The first-order valence-corrected chi connectivity index (χ1v) is 16.7. The van der Waals surface area contributed by atoms with Gasteiger partial charge in [0.05, 0.1) is 31.2 Å². The normalized spacial score (nSPS) is 13.3. The highest BCUT2D eigenvalue weighted by Crippen LogP contribution is 2.42. The second-order valence-electron chi connectivity index (χ2n) is 10.7. The van der Waals surface area contributed by atoms with E-state index in [4.69, 9.17) is 28.4 Å². The molecular weight excluding hydrogens is 598 g/mol. The molecule has 0 heterocycles. The van der Waals surface area contributed by atoms with Crippen LogP contribution in [-0.2, 0) is 38.0 Å². The van der Waals surface area contributed by atoms with Crippen molar-refractivity contribution in [1.82, 2.24) is 5.32 Å². The molecule has 3 rings (SSSR count). The molecule has 0 saturated heterocycles. The summed E-state index contributed by atoms with van der Waals surface area (Å²) >= 11 is 0. The van der Waals surface area contributed by atoms with Gasteiger partial charge >= 0.3 is 11.9 Å². The Balaban J connectivity index is 2.37. The lowest BCUT2D eigenvalue weighted by Crippen LogP contribution is -2.63. The summed E-state index contributed by atoms with van der Waals surface area (Å²) in [5, 5.41) is 3.75. The third kappa shape index (κ3) is 9.27. The van der Waals surface area contributed by atoms with E-state index in [1.807, 2.05) is 91.0 Å². The molecule has 0 aliphatic heterocycles. The third-order valence-electron chi connectivity index (χ3n) is 7.78. The van der Waals surface area contributed by atoms with Crippen molar-refractivity contribution in [3.63, 3.8) is 0 Å². The largest absolute Gasteiger partial charge is 0.462 e. The zero-order valence-corrected chi connectivity index (χ0v) is 28.6. The highest BCUT2D eigenvalue weighted by molar-refractivity contribution is 5.80. The lowest BCUT2D eigenvalue weighted by atomic mass is 9.81. The van der Waals surface area contributed by atoms with Crippen LogP contribution in [0.5, 0.6) is 0 Å².